The number of hydrogen-bond donors (Lipinski definition) is 3. The van der Waals surface area contributed by atoms with Crippen molar-refractivity contribution in [1.82, 2.24) is 14.5 Å². The molecule has 0 unspecified atom stereocenters. The van der Waals surface area contributed by atoms with Gasteiger partial charge >= 0.3 is 5.69 Å². The molecule has 1 aliphatic heterocycles. The number of H-pyrrole nitrogens is 1. The van der Waals surface area contributed by atoms with E-state index in [9.17, 15) is 19.2 Å². The summed E-state index contributed by atoms with van der Waals surface area (Å²) in [5.41, 5.74) is 10.4. The molecule has 0 radical (unpaired) electrons. The first-order valence-corrected chi connectivity index (χ1v) is 10.5. The number of piperidine rings is 1. The number of aromatic amines is 1. The number of carbonyl (C=O) groups excluding carboxylic acids is 2. The van der Waals surface area contributed by atoms with E-state index in [1.165, 1.54) is 9.47 Å². The van der Waals surface area contributed by atoms with Gasteiger partial charge in [-0.2, -0.15) is 0 Å². The van der Waals surface area contributed by atoms with Crippen molar-refractivity contribution in [3.63, 3.8) is 0 Å². The number of hydrogen-bond acceptors (Lipinski definition) is 6. The number of nitrogens with zero attached hydrogens (tertiary/aromatic N) is 3. The standard InChI is InChI=1S/C20H34N6O4/c1-12(2)9-25(15(27)11-24-7-5-14(6-8-24)18(22)28)16-17(21)26(10-13(3)4)20(30)23-19(16)29/h12-14H,5-11,21H2,1-4H3,(H2,22,28)(H,23,29,30). The van der Waals surface area contributed by atoms with E-state index in [4.69, 9.17) is 11.5 Å². The van der Waals surface area contributed by atoms with Gasteiger partial charge in [0, 0.05) is 19.0 Å². The maximum Gasteiger partial charge on any atom is 0.330 e. The molecule has 2 rings (SSSR count). The summed E-state index contributed by atoms with van der Waals surface area (Å²) in [6.07, 6.45) is 1.21. The molecule has 0 aromatic carbocycles. The predicted octanol–water partition coefficient (Wildman–Crippen LogP) is -0.0389. The van der Waals surface area contributed by atoms with Crippen molar-refractivity contribution in [2.24, 2.45) is 23.5 Å². The Morgan fingerprint density at radius 1 is 1.13 bits per heavy atom. The van der Waals surface area contributed by atoms with Gasteiger partial charge in [0.15, 0.2) is 5.69 Å². The first kappa shape index (κ1) is 23.7. The van der Waals surface area contributed by atoms with Gasteiger partial charge in [-0.3, -0.25) is 28.8 Å². The van der Waals surface area contributed by atoms with Gasteiger partial charge in [-0.05, 0) is 37.8 Å². The van der Waals surface area contributed by atoms with Gasteiger partial charge in [0.1, 0.15) is 5.82 Å². The lowest BCUT2D eigenvalue weighted by Crippen LogP contribution is -2.48. The van der Waals surface area contributed by atoms with Crippen molar-refractivity contribution in [3.8, 4) is 0 Å². The van der Waals surface area contributed by atoms with Gasteiger partial charge in [-0.15, -0.1) is 0 Å². The number of aromatic nitrogens is 2. The number of nitrogen functional groups attached to an aromatic ring is 1. The minimum atomic E-state index is -0.668. The van der Waals surface area contributed by atoms with Gasteiger partial charge in [-0.1, -0.05) is 27.7 Å². The van der Waals surface area contributed by atoms with Crippen molar-refractivity contribution in [2.45, 2.75) is 47.1 Å². The number of likely N-dealkylation sites (tertiary alicyclic amines) is 1. The van der Waals surface area contributed by atoms with Crippen molar-refractivity contribution in [1.29, 1.82) is 0 Å². The third kappa shape index (κ3) is 5.71. The van der Waals surface area contributed by atoms with Gasteiger partial charge in [0.25, 0.3) is 5.56 Å². The molecular weight excluding hydrogens is 388 g/mol. The van der Waals surface area contributed by atoms with Gasteiger partial charge in [-0.25, -0.2) is 4.79 Å². The molecular formula is C20H34N6O4. The zero-order valence-electron chi connectivity index (χ0n) is 18.3. The second-order valence-corrected chi connectivity index (χ2v) is 8.85. The SMILES string of the molecule is CC(C)CN(C(=O)CN1CCC(C(N)=O)CC1)c1c(N)n(CC(C)C)c(=O)[nH]c1=O. The molecule has 10 nitrogen and oxygen atoms in total. The molecule has 0 saturated carbocycles. The Labute approximate surface area is 176 Å². The van der Waals surface area contributed by atoms with Crippen LogP contribution in [0, 0.1) is 17.8 Å². The molecule has 0 aliphatic carbocycles. The van der Waals surface area contributed by atoms with E-state index in [-0.39, 0.29) is 47.6 Å². The summed E-state index contributed by atoms with van der Waals surface area (Å²) in [5, 5.41) is 0. The summed E-state index contributed by atoms with van der Waals surface area (Å²) in [5.74, 6) is -0.536. The highest BCUT2D eigenvalue weighted by atomic mass is 16.2. The Morgan fingerprint density at radius 2 is 1.73 bits per heavy atom. The zero-order valence-corrected chi connectivity index (χ0v) is 18.3. The van der Waals surface area contributed by atoms with Gasteiger partial charge < -0.3 is 16.4 Å². The Hall–Kier alpha value is -2.62. The molecule has 1 saturated heterocycles. The van der Waals surface area contributed by atoms with Gasteiger partial charge in [0.2, 0.25) is 11.8 Å². The summed E-state index contributed by atoms with van der Waals surface area (Å²) >= 11 is 0. The molecule has 1 aromatic rings. The first-order valence-electron chi connectivity index (χ1n) is 10.5. The van der Waals surface area contributed by atoms with E-state index in [2.05, 4.69) is 4.98 Å². The fourth-order valence-corrected chi connectivity index (χ4v) is 3.72. The smallest absolute Gasteiger partial charge is 0.330 e. The van der Waals surface area contributed by atoms with Crippen molar-refractivity contribution in [3.05, 3.63) is 20.8 Å². The van der Waals surface area contributed by atoms with E-state index in [0.717, 1.165) is 0 Å². The molecule has 2 heterocycles. The molecule has 0 spiro atoms. The third-order valence-corrected chi connectivity index (χ3v) is 5.23. The summed E-state index contributed by atoms with van der Waals surface area (Å²) in [6, 6.07) is 0. The Morgan fingerprint density at radius 3 is 2.23 bits per heavy atom. The van der Waals surface area contributed by atoms with Crippen LogP contribution >= 0.6 is 0 Å². The zero-order chi connectivity index (χ0) is 22.6. The van der Waals surface area contributed by atoms with E-state index in [1.807, 2.05) is 32.6 Å². The molecule has 2 amide bonds. The van der Waals surface area contributed by atoms with Crippen LogP contribution in [-0.2, 0) is 16.1 Å². The highest BCUT2D eigenvalue weighted by Crippen LogP contribution is 2.21. The van der Waals surface area contributed by atoms with Crippen LogP contribution in [0.15, 0.2) is 9.59 Å². The molecule has 1 aromatic heterocycles. The fourth-order valence-electron chi connectivity index (χ4n) is 3.72. The van der Waals surface area contributed by atoms with Crippen LogP contribution in [0.1, 0.15) is 40.5 Å². The number of rotatable bonds is 8. The molecule has 168 valence electrons. The molecule has 0 atom stereocenters. The van der Waals surface area contributed by atoms with Crippen LogP contribution < -0.4 is 27.6 Å². The Balaban J connectivity index is 2.32. The third-order valence-electron chi connectivity index (χ3n) is 5.23. The van der Waals surface area contributed by atoms with Crippen LogP contribution in [0.2, 0.25) is 0 Å². The van der Waals surface area contributed by atoms with Crippen molar-refractivity contribution in [2.75, 3.05) is 36.8 Å². The average Bonchev–Trinajstić information content (AvgIpc) is 2.64. The maximum absolute atomic E-state index is 13.2. The molecule has 10 heteroatoms. The fraction of sp³-hybridized carbons (Fsp3) is 0.700. The van der Waals surface area contributed by atoms with Crippen LogP contribution in [0.3, 0.4) is 0 Å². The highest BCUT2D eigenvalue weighted by molar-refractivity contribution is 5.96. The first-order chi connectivity index (χ1) is 14.0. The number of primary amides is 1. The number of nitrogens with two attached hydrogens (primary N) is 2. The second-order valence-electron chi connectivity index (χ2n) is 8.85. The largest absolute Gasteiger partial charge is 0.383 e. The van der Waals surface area contributed by atoms with Crippen molar-refractivity contribution >= 4 is 23.3 Å². The molecule has 5 N–H and O–H groups in total. The van der Waals surface area contributed by atoms with E-state index >= 15 is 0 Å². The number of nitrogens with one attached hydrogen (secondary N) is 1. The molecule has 30 heavy (non-hydrogen) atoms. The molecule has 1 aliphatic rings. The topological polar surface area (TPSA) is 148 Å². The normalized spacial score (nSPS) is 15.7. The van der Waals surface area contributed by atoms with E-state index in [1.54, 1.807) is 0 Å². The Bertz CT molecular complexity index is 880. The summed E-state index contributed by atoms with van der Waals surface area (Å²) in [4.78, 5) is 55.0. The minimum Gasteiger partial charge on any atom is -0.383 e. The quantitative estimate of drug-likeness (QED) is 0.535. The monoisotopic (exact) mass is 422 g/mol. The Kier molecular flexibility index (Phi) is 7.83. The average molecular weight is 423 g/mol. The lowest BCUT2D eigenvalue weighted by atomic mass is 9.96. The van der Waals surface area contributed by atoms with Crippen LogP contribution in [0.25, 0.3) is 0 Å². The van der Waals surface area contributed by atoms with Crippen LogP contribution in [-0.4, -0.2) is 52.4 Å². The van der Waals surface area contributed by atoms with Crippen LogP contribution in [0.5, 0.6) is 0 Å². The summed E-state index contributed by atoms with van der Waals surface area (Å²) in [7, 11) is 0. The van der Waals surface area contributed by atoms with E-state index in [0.29, 0.717) is 39.0 Å². The summed E-state index contributed by atoms with van der Waals surface area (Å²) < 4.78 is 1.31. The van der Waals surface area contributed by atoms with Crippen molar-refractivity contribution < 1.29 is 9.59 Å². The number of amides is 2. The number of anilines is 2. The lowest BCUT2D eigenvalue weighted by Gasteiger charge is -2.32. The van der Waals surface area contributed by atoms with Gasteiger partial charge in [0.05, 0.1) is 6.54 Å². The maximum atomic E-state index is 13.2. The summed E-state index contributed by atoms with van der Waals surface area (Å²) in [6.45, 7) is 9.62. The lowest BCUT2D eigenvalue weighted by molar-refractivity contribution is -0.123. The van der Waals surface area contributed by atoms with Crippen LogP contribution in [0.4, 0.5) is 11.5 Å². The number of carbonyl (C=O) groups is 2. The predicted molar refractivity (Wildman–Crippen MR) is 116 cm³/mol. The molecule has 0 bridgehead atoms. The minimum absolute atomic E-state index is 0.00103. The molecule has 1 fully saturated rings. The van der Waals surface area contributed by atoms with E-state index < -0.39 is 11.2 Å². The second kappa shape index (κ2) is 9.92. The highest BCUT2D eigenvalue weighted by Gasteiger charge is 2.29.